The molecular formula is C21H25N5O2. The number of anilines is 2. The van der Waals surface area contributed by atoms with Crippen LogP contribution in [0.5, 0.6) is 5.75 Å². The van der Waals surface area contributed by atoms with Gasteiger partial charge in [0.1, 0.15) is 11.4 Å². The molecule has 3 N–H and O–H groups in total. The normalized spacial score (nSPS) is 14.5. The maximum Gasteiger partial charge on any atom is 0.252 e. The van der Waals surface area contributed by atoms with E-state index in [9.17, 15) is 4.79 Å². The summed E-state index contributed by atoms with van der Waals surface area (Å²) in [4.78, 5) is 21.6. The molecule has 0 aliphatic heterocycles. The van der Waals surface area contributed by atoms with Crippen molar-refractivity contribution < 1.29 is 4.74 Å². The van der Waals surface area contributed by atoms with Gasteiger partial charge in [-0.05, 0) is 56.1 Å². The van der Waals surface area contributed by atoms with Crippen LogP contribution in [0.4, 0.5) is 11.6 Å². The lowest BCUT2D eigenvalue weighted by Crippen LogP contribution is -2.23. The second-order valence-electron chi connectivity index (χ2n) is 7.09. The minimum absolute atomic E-state index is 0.00281. The van der Waals surface area contributed by atoms with E-state index >= 15 is 0 Å². The van der Waals surface area contributed by atoms with Crippen molar-refractivity contribution in [2.75, 3.05) is 18.5 Å². The summed E-state index contributed by atoms with van der Waals surface area (Å²) in [5.74, 6) is 1.27. The number of benzene rings is 1. The third kappa shape index (κ3) is 3.99. The number of ether oxygens (including phenoxy) is 1. The molecule has 146 valence electrons. The third-order valence-electron chi connectivity index (χ3n) is 5.08. The average Bonchev–Trinajstić information content (AvgIpc) is 3.23. The van der Waals surface area contributed by atoms with Crippen LogP contribution in [0.2, 0.25) is 0 Å². The molecule has 28 heavy (non-hydrogen) atoms. The van der Waals surface area contributed by atoms with Crippen molar-refractivity contribution in [3.8, 4) is 5.75 Å². The summed E-state index contributed by atoms with van der Waals surface area (Å²) in [5.41, 5.74) is 7.03. The lowest BCUT2D eigenvalue weighted by atomic mass is 10.2. The Kier molecular flexibility index (Phi) is 5.53. The highest BCUT2D eigenvalue weighted by Crippen LogP contribution is 2.30. The third-order valence-corrected chi connectivity index (χ3v) is 5.08. The molecule has 0 atom stereocenters. The molecule has 2 aromatic heterocycles. The zero-order valence-electron chi connectivity index (χ0n) is 15.8. The van der Waals surface area contributed by atoms with E-state index < -0.39 is 0 Å². The van der Waals surface area contributed by atoms with Crippen molar-refractivity contribution in [1.29, 1.82) is 0 Å². The molecule has 7 heteroatoms. The first-order valence-corrected chi connectivity index (χ1v) is 9.83. The molecule has 1 fully saturated rings. The molecule has 0 bridgehead atoms. The molecule has 1 aromatic carbocycles. The van der Waals surface area contributed by atoms with Crippen molar-refractivity contribution in [2.45, 2.75) is 38.1 Å². The Bertz CT molecular complexity index is 994. The molecule has 2 heterocycles. The fourth-order valence-electron chi connectivity index (χ4n) is 3.65. The Morgan fingerprint density at radius 2 is 1.93 bits per heavy atom. The number of hydrogen-bond donors (Lipinski definition) is 2. The van der Waals surface area contributed by atoms with Gasteiger partial charge in [-0.1, -0.05) is 12.8 Å². The molecule has 1 aliphatic carbocycles. The summed E-state index contributed by atoms with van der Waals surface area (Å²) in [7, 11) is 0. The lowest BCUT2D eigenvalue weighted by Gasteiger charge is -2.16. The molecule has 7 nitrogen and oxygen atoms in total. The highest BCUT2D eigenvalue weighted by Gasteiger charge is 2.20. The molecule has 0 unspecified atom stereocenters. The van der Waals surface area contributed by atoms with Crippen LogP contribution >= 0.6 is 0 Å². The first-order chi connectivity index (χ1) is 13.7. The number of hydrogen-bond acceptors (Lipinski definition) is 6. The highest BCUT2D eigenvalue weighted by molar-refractivity contribution is 5.75. The smallest absolute Gasteiger partial charge is 0.252 e. The van der Waals surface area contributed by atoms with Crippen LogP contribution in [0.25, 0.3) is 11.0 Å². The van der Waals surface area contributed by atoms with Crippen LogP contribution in [-0.2, 0) is 0 Å². The van der Waals surface area contributed by atoms with Gasteiger partial charge in [0.15, 0.2) is 0 Å². The molecule has 4 rings (SSSR count). The van der Waals surface area contributed by atoms with Gasteiger partial charge in [0, 0.05) is 29.4 Å². The van der Waals surface area contributed by atoms with Crippen LogP contribution < -0.4 is 21.3 Å². The minimum atomic E-state index is 0.00281. The second-order valence-corrected chi connectivity index (χ2v) is 7.09. The maximum absolute atomic E-state index is 12.5. The van der Waals surface area contributed by atoms with E-state index in [0.29, 0.717) is 24.7 Å². The molecule has 0 spiro atoms. The molecule has 0 amide bonds. The van der Waals surface area contributed by atoms with Crippen LogP contribution in [0.15, 0.2) is 47.4 Å². The van der Waals surface area contributed by atoms with Gasteiger partial charge in [0.25, 0.3) is 5.56 Å². The van der Waals surface area contributed by atoms with E-state index in [2.05, 4.69) is 15.3 Å². The fourth-order valence-corrected chi connectivity index (χ4v) is 3.65. The summed E-state index contributed by atoms with van der Waals surface area (Å²) >= 11 is 0. The predicted molar refractivity (Wildman–Crippen MR) is 110 cm³/mol. The zero-order chi connectivity index (χ0) is 19.3. The van der Waals surface area contributed by atoms with Crippen molar-refractivity contribution >= 4 is 22.7 Å². The fraction of sp³-hybridized carbons (Fsp3) is 0.381. The number of nitrogens with one attached hydrogen (secondary N) is 1. The average molecular weight is 379 g/mol. The van der Waals surface area contributed by atoms with Gasteiger partial charge in [-0.15, -0.1) is 0 Å². The minimum Gasteiger partial charge on any atom is -0.494 e. The van der Waals surface area contributed by atoms with Crippen LogP contribution in [0.3, 0.4) is 0 Å². The predicted octanol–water partition coefficient (Wildman–Crippen LogP) is 3.38. The number of fused-ring (bicyclic) bond motifs is 1. The van der Waals surface area contributed by atoms with Gasteiger partial charge in [0.2, 0.25) is 5.95 Å². The van der Waals surface area contributed by atoms with Gasteiger partial charge in [0.05, 0.1) is 6.61 Å². The van der Waals surface area contributed by atoms with Gasteiger partial charge in [-0.25, -0.2) is 4.98 Å². The molecular weight excluding hydrogens is 354 g/mol. The van der Waals surface area contributed by atoms with Gasteiger partial charge in [-0.3, -0.25) is 9.36 Å². The number of nitrogens with zero attached hydrogens (tertiary/aromatic N) is 3. The maximum atomic E-state index is 12.5. The number of nitrogens with two attached hydrogens (primary N) is 1. The first-order valence-electron chi connectivity index (χ1n) is 9.83. The van der Waals surface area contributed by atoms with E-state index in [1.807, 2.05) is 28.8 Å². The van der Waals surface area contributed by atoms with Crippen molar-refractivity contribution in [2.24, 2.45) is 5.73 Å². The van der Waals surface area contributed by atoms with Crippen molar-refractivity contribution in [3.05, 3.63) is 52.9 Å². The van der Waals surface area contributed by atoms with Gasteiger partial charge < -0.3 is 15.8 Å². The van der Waals surface area contributed by atoms with Crippen molar-refractivity contribution in [1.82, 2.24) is 14.5 Å². The van der Waals surface area contributed by atoms with Crippen LogP contribution in [-0.4, -0.2) is 27.7 Å². The summed E-state index contributed by atoms with van der Waals surface area (Å²) in [5, 5.41) is 4.09. The Morgan fingerprint density at radius 1 is 1.14 bits per heavy atom. The quantitative estimate of drug-likeness (QED) is 0.611. The van der Waals surface area contributed by atoms with Gasteiger partial charge in [-0.2, -0.15) is 4.98 Å². The molecule has 3 aromatic rings. The summed E-state index contributed by atoms with van der Waals surface area (Å²) < 4.78 is 7.45. The Balaban J connectivity index is 1.57. The van der Waals surface area contributed by atoms with E-state index in [1.165, 1.54) is 0 Å². The molecule has 0 saturated heterocycles. The topological polar surface area (TPSA) is 95.1 Å². The summed E-state index contributed by atoms with van der Waals surface area (Å²) in [6.07, 6.45) is 6.95. The standard InChI is InChI=1S/C21H25N5O2/c22-12-3-13-28-18-9-7-16(8-10-18)24-21-23-14-15-6-11-19(27)26(20(15)25-21)17-4-1-2-5-17/h6-11,14,17H,1-5,12-13,22H2,(H,23,24,25). The van der Waals surface area contributed by atoms with E-state index in [4.69, 9.17) is 10.5 Å². The Hall–Kier alpha value is -2.93. The van der Waals surface area contributed by atoms with Crippen molar-refractivity contribution in [3.63, 3.8) is 0 Å². The lowest BCUT2D eigenvalue weighted by molar-refractivity contribution is 0.313. The number of rotatable bonds is 7. The SMILES string of the molecule is NCCCOc1ccc(Nc2ncc3ccc(=O)n(C4CCCC4)c3n2)cc1. The van der Waals surface area contributed by atoms with Gasteiger partial charge >= 0.3 is 0 Å². The highest BCUT2D eigenvalue weighted by atomic mass is 16.5. The number of pyridine rings is 1. The zero-order valence-corrected chi connectivity index (χ0v) is 15.8. The van der Waals surface area contributed by atoms with E-state index in [-0.39, 0.29) is 11.6 Å². The largest absolute Gasteiger partial charge is 0.494 e. The Labute approximate surface area is 163 Å². The monoisotopic (exact) mass is 379 g/mol. The summed E-state index contributed by atoms with van der Waals surface area (Å²) in [6, 6.07) is 11.3. The number of aromatic nitrogens is 3. The Morgan fingerprint density at radius 3 is 2.68 bits per heavy atom. The summed E-state index contributed by atoms with van der Waals surface area (Å²) in [6.45, 7) is 1.22. The van der Waals surface area contributed by atoms with E-state index in [1.54, 1.807) is 18.3 Å². The second kappa shape index (κ2) is 8.39. The first kappa shape index (κ1) is 18.4. The van der Waals surface area contributed by atoms with Crippen LogP contribution in [0.1, 0.15) is 38.1 Å². The van der Waals surface area contributed by atoms with E-state index in [0.717, 1.165) is 48.9 Å². The van der Waals surface area contributed by atoms with Crippen LogP contribution in [0, 0.1) is 0 Å². The molecule has 1 aliphatic rings. The molecule has 0 radical (unpaired) electrons. The molecule has 1 saturated carbocycles.